The van der Waals surface area contributed by atoms with E-state index in [2.05, 4.69) is 4.90 Å². The zero-order chi connectivity index (χ0) is 23.5. The molecule has 0 atom stereocenters. The van der Waals surface area contributed by atoms with Gasteiger partial charge in [0.1, 0.15) is 0 Å². The molecule has 1 saturated heterocycles. The van der Waals surface area contributed by atoms with Gasteiger partial charge in [0, 0.05) is 36.9 Å². The average Bonchev–Trinajstić information content (AvgIpc) is 2.88. The zero-order valence-corrected chi connectivity index (χ0v) is 20.0. The molecule has 0 saturated carbocycles. The maximum Gasteiger partial charge on any atom is 0.266 e. The van der Waals surface area contributed by atoms with E-state index < -0.39 is 0 Å². The van der Waals surface area contributed by atoms with E-state index in [1.54, 1.807) is 10.6 Å². The molecule has 34 heavy (non-hydrogen) atoms. The number of thioether (sulfide) groups is 1. The Morgan fingerprint density at radius 1 is 0.853 bits per heavy atom. The Labute approximate surface area is 206 Å². The van der Waals surface area contributed by atoms with Crippen LogP contribution in [-0.4, -0.2) is 52.3 Å². The summed E-state index contributed by atoms with van der Waals surface area (Å²) in [5.74, 6) is 0.265. The predicted molar refractivity (Wildman–Crippen MR) is 138 cm³/mol. The Hall–Kier alpha value is -3.29. The molecule has 0 spiro atoms. The number of nitrogens with zero attached hydrogens (tertiary/aromatic N) is 4. The Morgan fingerprint density at radius 3 is 2.26 bits per heavy atom. The van der Waals surface area contributed by atoms with Crippen LogP contribution < -0.4 is 10.5 Å². The third kappa shape index (κ3) is 4.67. The molecular weight excluding hydrogens is 468 g/mol. The van der Waals surface area contributed by atoms with Crippen molar-refractivity contribution in [2.75, 3.05) is 36.8 Å². The lowest BCUT2D eigenvalue weighted by Gasteiger charge is -2.36. The summed E-state index contributed by atoms with van der Waals surface area (Å²) in [6.45, 7) is 2.83. The van der Waals surface area contributed by atoms with Gasteiger partial charge >= 0.3 is 0 Å². The van der Waals surface area contributed by atoms with Gasteiger partial charge in [-0.1, -0.05) is 53.7 Å². The molecule has 0 N–H and O–H groups in total. The highest BCUT2D eigenvalue weighted by Gasteiger charge is 2.22. The fourth-order valence-electron chi connectivity index (χ4n) is 4.10. The smallest absolute Gasteiger partial charge is 0.266 e. The van der Waals surface area contributed by atoms with Crippen LogP contribution in [-0.2, 0) is 4.79 Å². The van der Waals surface area contributed by atoms with Crippen LogP contribution >= 0.6 is 23.4 Å². The van der Waals surface area contributed by atoms with Gasteiger partial charge in [-0.3, -0.25) is 14.2 Å². The number of carbonyl (C=O) groups is 1. The number of halogens is 1. The van der Waals surface area contributed by atoms with Gasteiger partial charge in [-0.2, -0.15) is 0 Å². The summed E-state index contributed by atoms with van der Waals surface area (Å²) in [7, 11) is 0. The van der Waals surface area contributed by atoms with E-state index in [1.807, 2.05) is 77.7 Å². The molecule has 1 aromatic heterocycles. The van der Waals surface area contributed by atoms with Crippen LogP contribution in [0.3, 0.4) is 0 Å². The minimum atomic E-state index is -0.136. The van der Waals surface area contributed by atoms with E-state index in [0.717, 1.165) is 24.5 Å². The van der Waals surface area contributed by atoms with Crippen LogP contribution in [0.5, 0.6) is 0 Å². The van der Waals surface area contributed by atoms with Crippen molar-refractivity contribution in [3.05, 3.63) is 94.2 Å². The highest BCUT2D eigenvalue weighted by atomic mass is 35.5. The lowest BCUT2D eigenvalue weighted by atomic mass is 10.2. The van der Waals surface area contributed by atoms with Gasteiger partial charge in [-0.15, -0.1) is 0 Å². The van der Waals surface area contributed by atoms with Crippen LogP contribution in [0.1, 0.15) is 0 Å². The second kappa shape index (κ2) is 9.91. The first-order valence-electron chi connectivity index (χ1n) is 11.1. The molecule has 2 heterocycles. The number of aromatic nitrogens is 2. The molecule has 4 aromatic rings. The molecule has 1 amide bonds. The Balaban J connectivity index is 1.32. The molecule has 3 aromatic carbocycles. The van der Waals surface area contributed by atoms with E-state index in [4.69, 9.17) is 16.6 Å². The van der Waals surface area contributed by atoms with Crippen molar-refractivity contribution in [3.63, 3.8) is 0 Å². The van der Waals surface area contributed by atoms with Gasteiger partial charge in [0.15, 0.2) is 5.16 Å². The molecular formula is C26H23ClN4O2S. The Morgan fingerprint density at radius 2 is 1.53 bits per heavy atom. The van der Waals surface area contributed by atoms with Crippen LogP contribution in [0.2, 0.25) is 5.02 Å². The van der Waals surface area contributed by atoms with Crippen molar-refractivity contribution in [2.24, 2.45) is 0 Å². The average molecular weight is 491 g/mol. The van der Waals surface area contributed by atoms with Crippen LogP contribution in [0.4, 0.5) is 5.69 Å². The number of anilines is 1. The largest absolute Gasteiger partial charge is 0.368 e. The minimum Gasteiger partial charge on any atom is -0.368 e. The second-order valence-corrected chi connectivity index (χ2v) is 9.40. The SMILES string of the molecule is O=C(CSc1nc2ccccc2c(=O)n1-c1ccccc1)N1CCN(c2ccc(Cl)cc2)CC1. The lowest BCUT2D eigenvalue weighted by molar-refractivity contribution is -0.128. The number of hydrogen-bond acceptors (Lipinski definition) is 5. The van der Waals surface area contributed by atoms with Crippen LogP contribution in [0, 0.1) is 0 Å². The third-order valence-corrected chi connectivity index (χ3v) is 7.08. The van der Waals surface area contributed by atoms with E-state index >= 15 is 0 Å². The summed E-state index contributed by atoms with van der Waals surface area (Å²) in [5.41, 5.74) is 2.34. The topological polar surface area (TPSA) is 58.4 Å². The van der Waals surface area contributed by atoms with Crippen molar-refractivity contribution in [1.82, 2.24) is 14.5 Å². The molecule has 1 fully saturated rings. The van der Waals surface area contributed by atoms with Gasteiger partial charge in [0.05, 0.1) is 22.3 Å². The summed E-state index contributed by atoms with van der Waals surface area (Å²) in [6, 6.07) is 24.5. The van der Waals surface area contributed by atoms with Crippen molar-refractivity contribution in [3.8, 4) is 5.69 Å². The van der Waals surface area contributed by atoms with E-state index in [-0.39, 0.29) is 17.2 Å². The fourth-order valence-corrected chi connectivity index (χ4v) is 5.14. The standard InChI is InChI=1S/C26H23ClN4O2S/c27-19-10-12-20(13-11-19)29-14-16-30(17-15-29)24(32)18-34-26-28-23-9-5-4-8-22(23)25(33)31(26)21-6-2-1-3-7-21/h1-13H,14-18H2. The summed E-state index contributed by atoms with van der Waals surface area (Å²) >= 11 is 7.30. The lowest BCUT2D eigenvalue weighted by Crippen LogP contribution is -2.49. The maximum atomic E-state index is 13.3. The number of carbonyl (C=O) groups excluding carboxylic acids is 1. The molecule has 0 radical (unpaired) electrons. The molecule has 0 aliphatic carbocycles. The molecule has 1 aliphatic rings. The van der Waals surface area contributed by atoms with Crippen molar-refractivity contribution in [1.29, 1.82) is 0 Å². The molecule has 6 nitrogen and oxygen atoms in total. The maximum absolute atomic E-state index is 13.3. The normalized spacial score (nSPS) is 13.9. The minimum absolute atomic E-state index is 0.0442. The predicted octanol–water partition coefficient (Wildman–Crippen LogP) is 4.48. The van der Waals surface area contributed by atoms with E-state index in [0.29, 0.717) is 34.2 Å². The van der Waals surface area contributed by atoms with Crippen LogP contribution in [0.15, 0.2) is 88.8 Å². The zero-order valence-electron chi connectivity index (χ0n) is 18.4. The quantitative estimate of drug-likeness (QED) is 0.305. The van der Waals surface area contributed by atoms with Gasteiger partial charge < -0.3 is 9.80 Å². The van der Waals surface area contributed by atoms with Gasteiger partial charge in [-0.05, 0) is 48.5 Å². The number of hydrogen-bond donors (Lipinski definition) is 0. The van der Waals surface area contributed by atoms with Gasteiger partial charge in [0.25, 0.3) is 5.56 Å². The third-order valence-electron chi connectivity index (χ3n) is 5.91. The number of fused-ring (bicyclic) bond motifs is 1. The second-order valence-electron chi connectivity index (χ2n) is 8.02. The highest BCUT2D eigenvalue weighted by molar-refractivity contribution is 7.99. The number of rotatable bonds is 5. The molecule has 8 heteroatoms. The summed E-state index contributed by atoms with van der Waals surface area (Å²) in [5, 5.41) is 1.79. The first-order chi connectivity index (χ1) is 16.6. The molecule has 172 valence electrons. The van der Waals surface area contributed by atoms with Crippen LogP contribution in [0.25, 0.3) is 16.6 Å². The van der Waals surface area contributed by atoms with Crippen molar-refractivity contribution >= 4 is 45.9 Å². The first-order valence-corrected chi connectivity index (χ1v) is 12.4. The van der Waals surface area contributed by atoms with E-state index in [9.17, 15) is 9.59 Å². The molecule has 0 unspecified atom stereocenters. The van der Waals surface area contributed by atoms with Crippen molar-refractivity contribution in [2.45, 2.75) is 5.16 Å². The van der Waals surface area contributed by atoms with Crippen molar-refractivity contribution < 1.29 is 4.79 Å². The van der Waals surface area contributed by atoms with E-state index in [1.165, 1.54) is 11.8 Å². The molecule has 0 bridgehead atoms. The molecule has 5 rings (SSSR count). The summed E-state index contributed by atoms with van der Waals surface area (Å²) in [6.07, 6.45) is 0. The number of piperazine rings is 1. The summed E-state index contributed by atoms with van der Waals surface area (Å²) < 4.78 is 1.60. The number of benzene rings is 3. The molecule has 1 aliphatic heterocycles. The van der Waals surface area contributed by atoms with Gasteiger partial charge in [0.2, 0.25) is 5.91 Å². The summed E-state index contributed by atoms with van der Waals surface area (Å²) in [4.78, 5) is 35.2. The number of amides is 1. The fraction of sp³-hybridized carbons (Fsp3) is 0.192. The van der Waals surface area contributed by atoms with Gasteiger partial charge in [-0.25, -0.2) is 4.98 Å². The Kier molecular flexibility index (Phi) is 6.56. The monoisotopic (exact) mass is 490 g/mol. The first kappa shape index (κ1) is 22.5. The number of para-hydroxylation sites is 2. The Bertz CT molecular complexity index is 1370. The highest BCUT2D eigenvalue weighted by Crippen LogP contribution is 2.23.